The van der Waals surface area contributed by atoms with E-state index in [0.717, 1.165) is 5.56 Å². The summed E-state index contributed by atoms with van der Waals surface area (Å²) >= 11 is 3.30. The molecule has 3 heteroatoms. The normalized spacial score (nSPS) is 12.1. The first-order chi connectivity index (χ1) is 6.68. The molecule has 0 saturated heterocycles. The lowest BCUT2D eigenvalue weighted by atomic mass is 10.2. The molecule has 76 valence electrons. The molecular weight excluding hydrogens is 244 g/mol. The summed E-state index contributed by atoms with van der Waals surface area (Å²) in [4.78, 5) is 11.3. The van der Waals surface area contributed by atoms with Crippen LogP contribution in [0.4, 0.5) is 0 Å². The number of rotatable bonds is 4. The number of benzene rings is 1. The van der Waals surface area contributed by atoms with Gasteiger partial charge in [0.2, 0.25) is 0 Å². The first kappa shape index (κ1) is 11.2. The number of carbonyl (C=O) groups excluding carboxylic acids is 1. The maximum Gasteiger partial charge on any atom is 0.307 e. The predicted molar refractivity (Wildman–Crippen MR) is 59.2 cm³/mol. The minimum absolute atomic E-state index is 0.168. The third kappa shape index (κ3) is 4.42. The van der Waals surface area contributed by atoms with Gasteiger partial charge in [0, 0.05) is 4.83 Å². The fourth-order valence-corrected chi connectivity index (χ4v) is 1.29. The zero-order valence-corrected chi connectivity index (χ0v) is 9.66. The summed E-state index contributed by atoms with van der Waals surface area (Å²) in [5.74, 6) is -0.168. The van der Waals surface area contributed by atoms with Crippen LogP contribution in [0.5, 0.6) is 0 Å². The van der Waals surface area contributed by atoms with Gasteiger partial charge in [0.25, 0.3) is 0 Å². The number of halogens is 1. The van der Waals surface area contributed by atoms with Crippen molar-refractivity contribution >= 4 is 21.9 Å². The van der Waals surface area contributed by atoms with E-state index >= 15 is 0 Å². The lowest BCUT2D eigenvalue weighted by molar-refractivity contribution is -0.144. The van der Waals surface area contributed by atoms with Crippen molar-refractivity contribution in [2.45, 2.75) is 24.8 Å². The van der Waals surface area contributed by atoms with Crippen molar-refractivity contribution in [3.63, 3.8) is 0 Å². The Labute approximate surface area is 92.4 Å². The second kappa shape index (κ2) is 5.81. The number of ether oxygens (including phenoxy) is 1. The van der Waals surface area contributed by atoms with Gasteiger partial charge in [-0.1, -0.05) is 53.2 Å². The van der Waals surface area contributed by atoms with Crippen LogP contribution >= 0.6 is 15.9 Å². The van der Waals surface area contributed by atoms with E-state index in [4.69, 9.17) is 4.74 Å². The zero-order chi connectivity index (χ0) is 10.4. The molecule has 1 atom stereocenters. The van der Waals surface area contributed by atoms with Crippen LogP contribution in [0.25, 0.3) is 0 Å². The standard InChI is InChI=1S/C11H13BrO2/c1-9(12)7-11(13)14-8-10-5-3-2-4-6-10/h2-6,9H,7-8H2,1H3/t9-/m0/s1. The van der Waals surface area contributed by atoms with E-state index in [0.29, 0.717) is 13.0 Å². The van der Waals surface area contributed by atoms with Crippen molar-refractivity contribution in [2.75, 3.05) is 0 Å². The lowest BCUT2D eigenvalue weighted by Crippen LogP contribution is -2.08. The minimum atomic E-state index is -0.168. The molecule has 0 fully saturated rings. The minimum Gasteiger partial charge on any atom is -0.461 e. The molecule has 14 heavy (non-hydrogen) atoms. The summed E-state index contributed by atoms with van der Waals surface area (Å²) in [6.07, 6.45) is 0.410. The molecule has 0 aromatic heterocycles. The molecule has 0 N–H and O–H groups in total. The molecule has 2 nitrogen and oxygen atoms in total. The van der Waals surface area contributed by atoms with Crippen molar-refractivity contribution < 1.29 is 9.53 Å². The van der Waals surface area contributed by atoms with Gasteiger partial charge in [0.15, 0.2) is 0 Å². The lowest BCUT2D eigenvalue weighted by Gasteiger charge is -2.05. The van der Waals surface area contributed by atoms with E-state index in [1.807, 2.05) is 37.3 Å². The van der Waals surface area contributed by atoms with Crippen LogP contribution in [0.3, 0.4) is 0 Å². The summed E-state index contributed by atoms with van der Waals surface area (Å²) in [5.41, 5.74) is 1.02. The molecule has 0 spiro atoms. The number of esters is 1. The van der Waals surface area contributed by atoms with Gasteiger partial charge in [0.05, 0.1) is 6.42 Å². The van der Waals surface area contributed by atoms with Crippen LogP contribution < -0.4 is 0 Å². The highest BCUT2D eigenvalue weighted by molar-refractivity contribution is 9.09. The van der Waals surface area contributed by atoms with Crippen molar-refractivity contribution in [3.8, 4) is 0 Å². The molecule has 0 aliphatic carbocycles. The Hall–Kier alpha value is -0.830. The first-order valence-corrected chi connectivity index (χ1v) is 5.43. The van der Waals surface area contributed by atoms with E-state index in [2.05, 4.69) is 15.9 Å². The van der Waals surface area contributed by atoms with E-state index < -0.39 is 0 Å². The van der Waals surface area contributed by atoms with Gasteiger partial charge < -0.3 is 4.74 Å². The van der Waals surface area contributed by atoms with Crippen LogP contribution in [0, 0.1) is 0 Å². The summed E-state index contributed by atoms with van der Waals surface area (Å²) < 4.78 is 5.07. The summed E-state index contributed by atoms with van der Waals surface area (Å²) in [5, 5.41) is 0. The Kier molecular flexibility index (Phi) is 4.66. The van der Waals surface area contributed by atoms with Gasteiger partial charge in [-0.25, -0.2) is 0 Å². The van der Waals surface area contributed by atoms with Gasteiger partial charge in [-0.05, 0) is 5.56 Å². The fraction of sp³-hybridized carbons (Fsp3) is 0.364. The Bertz CT molecular complexity index is 283. The molecule has 0 radical (unpaired) electrons. The van der Waals surface area contributed by atoms with Crippen LogP contribution in [0.15, 0.2) is 30.3 Å². The Morgan fingerprint density at radius 1 is 1.43 bits per heavy atom. The van der Waals surface area contributed by atoms with Crippen LogP contribution in [0.1, 0.15) is 18.9 Å². The summed E-state index contributed by atoms with van der Waals surface area (Å²) in [7, 11) is 0. The van der Waals surface area contributed by atoms with Gasteiger partial charge >= 0.3 is 5.97 Å². The molecule has 1 rings (SSSR count). The topological polar surface area (TPSA) is 26.3 Å². The highest BCUT2D eigenvalue weighted by Gasteiger charge is 2.06. The molecule has 0 aliphatic heterocycles. The molecular formula is C11H13BrO2. The van der Waals surface area contributed by atoms with E-state index in [9.17, 15) is 4.79 Å². The zero-order valence-electron chi connectivity index (χ0n) is 8.07. The monoisotopic (exact) mass is 256 g/mol. The van der Waals surface area contributed by atoms with Crippen LogP contribution in [-0.4, -0.2) is 10.8 Å². The Morgan fingerprint density at radius 2 is 2.07 bits per heavy atom. The predicted octanol–water partition coefficient (Wildman–Crippen LogP) is 2.90. The molecule has 0 bridgehead atoms. The maximum atomic E-state index is 11.2. The first-order valence-electron chi connectivity index (χ1n) is 4.52. The maximum absolute atomic E-state index is 11.2. The Morgan fingerprint density at radius 3 is 2.64 bits per heavy atom. The van der Waals surface area contributed by atoms with Crippen LogP contribution in [-0.2, 0) is 16.1 Å². The number of alkyl halides is 1. The van der Waals surface area contributed by atoms with E-state index in [-0.39, 0.29) is 10.8 Å². The highest BCUT2D eigenvalue weighted by Crippen LogP contribution is 2.06. The molecule has 0 saturated carbocycles. The van der Waals surface area contributed by atoms with Gasteiger partial charge in [-0.15, -0.1) is 0 Å². The average molecular weight is 257 g/mol. The molecule has 0 amide bonds. The fourth-order valence-electron chi connectivity index (χ4n) is 1.03. The van der Waals surface area contributed by atoms with Crippen LogP contribution in [0.2, 0.25) is 0 Å². The second-order valence-electron chi connectivity index (χ2n) is 3.13. The number of hydrogen-bond acceptors (Lipinski definition) is 2. The largest absolute Gasteiger partial charge is 0.461 e. The molecule has 0 aliphatic rings. The quantitative estimate of drug-likeness (QED) is 0.612. The SMILES string of the molecule is C[C@H](Br)CC(=O)OCc1ccccc1. The van der Waals surface area contributed by atoms with Gasteiger partial charge in [-0.2, -0.15) is 0 Å². The smallest absolute Gasteiger partial charge is 0.307 e. The van der Waals surface area contributed by atoms with Crippen molar-refractivity contribution in [1.82, 2.24) is 0 Å². The third-order valence-electron chi connectivity index (χ3n) is 1.69. The summed E-state index contributed by atoms with van der Waals surface area (Å²) in [6, 6.07) is 9.66. The Balaban J connectivity index is 2.31. The van der Waals surface area contributed by atoms with Crippen molar-refractivity contribution in [2.24, 2.45) is 0 Å². The molecule has 0 unspecified atom stereocenters. The third-order valence-corrected chi connectivity index (χ3v) is 2.01. The second-order valence-corrected chi connectivity index (χ2v) is 4.69. The van der Waals surface area contributed by atoms with Crippen molar-refractivity contribution in [3.05, 3.63) is 35.9 Å². The highest BCUT2D eigenvalue weighted by atomic mass is 79.9. The van der Waals surface area contributed by atoms with Crippen molar-refractivity contribution in [1.29, 1.82) is 0 Å². The average Bonchev–Trinajstić information content (AvgIpc) is 2.15. The van der Waals surface area contributed by atoms with Gasteiger partial charge in [-0.3, -0.25) is 4.79 Å². The number of hydrogen-bond donors (Lipinski definition) is 0. The van der Waals surface area contributed by atoms with Gasteiger partial charge in [0.1, 0.15) is 6.61 Å². The van der Waals surface area contributed by atoms with E-state index in [1.165, 1.54) is 0 Å². The molecule has 1 aromatic carbocycles. The molecule has 1 aromatic rings. The summed E-state index contributed by atoms with van der Waals surface area (Å²) in [6.45, 7) is 2.28. The van der Waals surface area contributed by atoms with E-state index in [1.54, 1.807) is 0 Å². The number of carbonyl (C=O) groups is 1. The molecule has 0 heterocycles.